The van der Waals surface area contributed by atoms with Crippen molar-refractivity contribution >= 4 is 5.91 Å². The minimum absolute atomic E-state index is 0.114. The average molecular weight is 259 g/mol. The first-order valence-electron chi connectivity index (χ1n) is 5.59. The highest BCUT2D eigenvalue weighted by Crippen LogP contribution is 2.22. The zero-order valence-corrected chi connectivity index (χ0v) is 9.91. The molecule has 0 radical (unpaired) electrons. The van der Waals surface area contributed by atoms with E-state index in [4.69, 9.17) is 5.11 Å². The van der Waals surface area contributed by atoms with Crippen molar-refractivity contribution in [3.05, 3.63) is 29.3 Å². The molecule has 0 bridgehead atoms. The largest absolute Gasteiger partial charge is 0.507 e. The molecule has 0 aliphatic rings. The summed E-state index contributed by atoms with van der Waals surface area (Å²) >= 11 is 0. The number of aliphatic hydroxyl groups excluding tert-OH is 1. The molecule has 0 aliphatic heterocycles. The van der Waals surface area contributed by atoms with Gasteiger partial charge in [0.05, 0.1) is 0 Å². The molecular weight excluding hydrogens is 244 g/mol. The maximum Gasteiger partial charge on any atom is 0.258 e. The Balaban J connectivity index is 2.90. The van der Waals surface area contributed by atoms with Gasteiger partial charge in [-0.05, 0) is 12.8 Å². The highest BCUT2D eigenvalue weighted by atomic mass is 19.1. The van der Waals surface area contributed by atoms with E-state index in [1.165, 1.54) is 0 Å². The molecule has 100 valence electrons. The van der Waals surface area contributed by atoms with Gasteiger partial charge in [0.2, 0.25) is 0 Å². The van der Waals surface area contributed by atoms with Crippen molar-refractivity contribution in [2.75, 3.05) is 6.61 Å². The number of phenols is 1. The van der Waals surface area contributed by atoms with Crippen LogP contribution >= 0.6 is 0 Å². The van der Waals surface area contributed by atoms with Gasteiger partial charge < -0.3 is 15.5 Å². The van der Waals surface area contributed by atoms with Crippen molar-refractivity contribution in [1.82, 2.24) is 5.32 Å². The summed E-state index contributed by atoms with van der Waals surface area (Å²) in [5.74, 6) is -3.65. The normalized spacial score (nSPS) is 12.2. The first kappa shape index (κ1) is 14.4. The van der Waals surface area contributed by atoms with Crippen LogP contribution in [0.5, 0.6) is 5.75 Å². The van der Waals surface area contributed by atoms with Crippen molar-refractivity contribution in [3.8, 4) is 5.75 Å². The van der Waals surface area contributed by atoms with E-state index in [9.17, 15) is 18.7 Å². The number of halogens is 2. The molecule has 0 heterocycles. The molecule has 4 nitrogen and oxygen atoms in total. The molecule has 1 aromatic rings. The van der Waals surface area contributed by atoms with Crippen LogP contribution in [0.2, 0.25) is 0 Å². The Morgan fingerprint density at radius 2 is 2.11 bits per heavy atom. The molecule has 0 spiro atoms. The number of hydrogen-bond donors (Lipinski definition) is 3. The summed E-state index contributed by atoms with van der Waals surface area (Å²) in [7, 11) is 0. The van der Waals surface area contributed by atoms with Crippen molar-refractivity contribution < 1.29 is 23.8 Å². The van der Waals surface area contributed by atoms with E-state index in [0.717, 1.165) is 0 Å². The van der Waals surface area contributed by atoms with Gasteiger partial charge >= 0.3 is 0 Å². The van der Waals surface area contributed by atoms with Crippen molar-refractivity contribution in [3.63, 3.8) is 0 Å². The average Bonchev–Trinajstić information content (AvgIpc) is 2.26. The molecule has 18 heavy (non-hydrogen) atoms. The summed E-state index contributed by atoms with van der Waals surface area (Å²) < 4.78 is 26.1. The summed E-state index contributed by atoms with van der Waals surface area (Å²) in [6, 6.07) is 0.874. The Labute approximate surface area is 103 Å². The third kappa shape index (κ3) is 3.40. The molecule has 0 saturated carbocycles. The van der Waals surface area contributed by atoms with E-state index in [-0.39, 0.29) is 12.6 Å². The van der Waals surface area contributed by atoms with E-state index >= 15 is 0 Å². The third-order valence-electron chi connectivity index (χ3n) is 2.57. The fraction of sp³-hybridized carbons (Fsp3) is 0.417. The molecule has 1 unspecified atom stereocenters. The van der Waals surface area contributed by atoms with Gasteiger partial charge in [-0.3, -0.25) is 4.79 Å². The standard InChI is InChI=1S/C12H15F2NO3/c1-2-8(3-4-16)15-12(18)11-9(14)5-7(13)6-10(11)17/h5-6,8,16-17H,2-4H2,1H3,(H,15,18). The van der Waals surface area contributed by atoms with E-state index < -0.39 is 28.9 Å². The van der Waals surface area contributed by atoms with Crippen molar-refractivity contribution in [1.29, 1.82) is 0 Å². The zero-order valence-electron chi connectivity index (χ0n) is 9.91. The van der Waals surface area contributed by atoms with Crippen LogP contribution in [0.4, 0.5) is 8.78 Å². The second-order valence-corrected chi connectivity index (χ2v) is 3.87. The number of hydrogen-bond acceptors (Lipinski definition) is 3. The molecule has 6 heteroatoms. The lowest BCUT2D eigenvalue weighted by Gasteiger charge is -2.16. The van der Waals surface area contributed by atoms with Gasteiger partial charge in [-0.15, -0.1) is 0 Å². The lowest BCUT2D eigenvalue weighted by atomic mass is 10.1. The summed E-state index contributed by atoms with van der Waals surface area (Å²) in [6.45, 7) is 1.68. The quantitative estimate of drug-likeness (QED) is 0.751. The number of aliphatic hydroxyl groups is 1. The highest BCUT2D eigenvalue weighted by Gasteiger charge is 2.20. The number of phenolic OH excluding ortho intramolecular Hbond substituents is 1. The van der Waals surface area contributed by atoms with Gasteiger partial charge in [0.1, 0.15) is 22.9 Å². The minimum atomic E-state index is -1.12. The van der Waals surface area contributed by atoms with Crippen LogP contribution < -0.4 is 5.32 Å². The van der Waals surface area contributed by atoms with E-state index in [2.05, 4.69) is 5.32 Å². The minimum Gasteiger partial charge on any atom is -0.507 e. The van der Waals surface area contributed by atoms with Gasteiger partial charge in [0, 0.05) is 24.8 Å². The number of rotatable bonds is 5. The molecule has 3 N–H and O–H groups in total. The Hall–Kier alpha value is -1.69. The predicted octanol–water partition coefficient (Wildman–Crippen LogP) is 1.56. The number of carbonyl (C=O) groups excluding carboxylic acids is 1. The van der Waals surface area contributed by atoms with Gasteiger partial charge in [-0.2, -0.15) is 0 Å². The molecule has 0 aromatic heterocycles. The molecule has 0 saturated heterocycles. The van der Waals surface area contributed by atoms with Gasteiger partial charge in [-0.1, -0.05) is 6.92 Å². The SMILES string of the molecule is CCC(CCO)NC(=O)c1c(O)cc(F)cc1F. The number of nitrogens with one attached hydrogen (secondary N) is 1. The first-order valence-corrected chi connectivity index (χ1v) is 5.59. The lowest BCUT2D eigenvalue weighted by molar-refractivity contribution is 0.0922. The maximum atomic E-state index is 13.4. The fourth-order valence-electron chi connectivity index (χ4n) is 1.58. The van der Waals surface area contributed by atoms with Crippen LogP contribution in [0.25, 0.3) is 0 Å². The highest BCUT2D eigenvalue weighted by molar-refractivity contribution is 5.97. The van der Waals surface area contributed by atoms with Crippen LogP contribution in [-0.2, 0) is 0 Å². The summed E-state index contributed by atoms with van der Waals surface area (Å²) in [6.07, 6.45) is 0.877. The number of benzene rings is 1. The summed E-state index contributed by atoms with van der Waals surface area (Å²) in [5.41, 5.74) is -0.590. The summed E-state index contributed by atoms with van der Waals surface area (Å²) in [4.78, 5) is 11.7. The van der Waals surface area contributed by atoms with Crippen LogP contribution in [-0.4, -0.2) is 28.8 Å². The predicted molar refractivity (Wildman–Crippen MR) is 61.3 cm³/mol. The second kappa shape index (κ2) is 6.30. The number of carbonyl (C=O) groups is 1. The van der Waals surface area contributed by atoms with E-state index in [0.29, 0.717) is 25.0 Å². The van der Waals surface area contributed by atoms with Gasteiger partial charge in [-0.25, -0.2) is 8.78 Å². The maximum absolute atomic E-state index is 13.4. The van der Waals surface area contributed by atoms with Gasteiger partial charge in [0.15, 0.2) is 0 Å². The van der Waals surface area contributed by atoms with Crippen LogP contribution in [0.15, 0.2) is 12.1 Å². The molecular formula is C12H15F2NO3. The second-order valence-electron chi connectivity index (χ2n) is 3.87. The fourth-order valence-corrected chi connectivity index (χ4v) is 1.58. The Morgan fingerprint density at radius 1 is 1.44 bits per heavy atom. The zero-order chi connectivity index (χ0) is 13.7. The molecule has 1 atom stereocenters. The van der Waals surface area contributed by atoms with Crippen LogP contribution in [0.3, 0.4) is 0 Å². The molecule has 0 fully saturated rings. The Bertz CT molecular complexity index is 414. The number of aromatic hydroxyl groups is 1. The molecule has 1 aromatic carbocycles. The smallest absolute Gasteiger partial charge is 0.258 e. The molecule has 0 aliphatic carbocycles. The van der Waals surface area contributed by atoms with Crippen LogP contribution in [0, 0.1) is 11.6 Å². The molecule has 1 amide bonds. The van der Waals surface area contributed by atoms with Crippen LogP contribution in [0.1, 0.15) is 30.1 Å². The monoisotopic (exact) mass is 259 g/mol. The van der Waals surface area contributed by atoms with Crippen molar-refractivity contribution in [2.45, 2.75) is 25.8 Å². The number of amides is 1. The van der Waals surface area contributed by atoms with Crippen molar-refractivity contribution in [2.24, 2.45) is 0 Å². The first-order chi connectivity index (χ1) is 8.49. The van der Waals surface area contributed by atoms with Gasteiger partial charge in [0.25, 0.3) is 5.91 Å². The topological polar surface area (TPSA) is 69.6 Å². The van der Waals surface area contributed by atoms with E-state index in [1.54, 1.807) is 6.92 Å². The summed E-state index contributed by atoms with van der Waals surface area (Å²) in [5, 5.41) is 20.6. The third-order valence-corrected chi connectivity index (χ3v) is 2.57. The molecule has 1 rings (SSSR count). The van der Waals surface area contributed by atoms with E-state index in [1.807, 2.05) is 0 Å². The lowest BCUT2D eigenvalue weighted by Crippen LogP contribution is -2.35. The Morgan fingerprint density at radius 3 is 2.61 bits per heavy atom. The Kier molecular flexibility index (Phi) is 5.03.